The summed E-state index contributed by atoms with van der Waals surface area (Å²) in [6.07, 6.45) is 0.225. The number of aryl methyl sites for hydroxylation is 2. The third-order valence-electron chi connectivity index (χ3n) is 4.57. The molecule has 0 radical (unpaired) electrons. The highest BCUT2D eigenvalue weighted by Gasteiger charge is 2.26. The zero-order valence-corrected chi connectivity index (χ0v) is 19.1. The topological polar surface area (TPSA) is 49.4 Å². The number of hydrogen-bond acceptors (Lipinski definition) is 2. The van der Waals surface area contributed by atoms with Gasteiger partial charge in [0.15, 0.2) is 0 Å². The average Bonchev–Trinajstić information content (AvgIpc) is 2.60. The van der Waals surface area contributed by atoms with Crippen molar-refractivity contribution >= 4 is 35.0 Å². The Morgan fingerprint density at radius 2 is 1.55 bits per heavy atom. The Balaban J connectivity index is 2.30. The predicted molar refractivity (Wildman–Crippen MR) is 119 cm³/mol. The van der Waals surface area contributed by atoms with Crippen LogP contribution in [0, 0.1) is 13.8 Å². The molecule has 0 aliphatic carbocycles. The Morgan fingerprint density at radius 3 is 2.10 bits per heavy atom. The number of rotatable bonds is 7. The van der Waals surface area contributed by atoms with E-state index in [0.29, 0.717) is 10.0 Å². The van der Waals surface area contributed by atoms with E-state index in [1.54, 1.807) is 24.0 Å². The second-order valence-corrected chi connectivity index (χ2v) is 8.60. The number of carbonyl (C=O) groups is 2. The number of benzene rings is 2. The molecule has 0 aromatic heterocycles. The third-order valence-corrected chi connectivity index (χ3v) is 5.31. The van der Waals surface area contributed by atoms with Gasteiger partial charge in [-0.1, -0.05) is 58.6 Å². The average molecular weight is 435 g/mol. The van der Waals surface area contributed by atoms with Gasteiger partial charge < -0.3 is 10.2 Å². The van der Waals surface area contributed by atoms with E-state index in [2.05, 4.69) is 11.4 Å². The summed E-state index contributed by atoms with van der Waals surface area (Å²) >= 11 is 12.1. The lowest BCUT2D eigenvalue weighted by Gasteiger charge is -2.29. The molecule has 2 aromatic rings. The van der Waals surface area contributed by atoms with E-state index >= 15 is 0 Å². The van der Waals surface area contributed by atoms with Gasteiger partial charge in [-0.15, -0.1) is 0 Å². The van der Waals surface area contributed by atoms with E-state index in [9.17, 15) is 9.59 Å². The van der Waals surface area contributed by atoms with Gasteiger partial charge in [-0.25, -0.2) is 0 Å². The van der Waals surface area contributed by atoms with Gasteiger partial charge in [-0.05, 0) is 57.9 Å². The van der Waals surface area contributed by atoms with Crippen LogP contribution in [-0.2, 0) is 22.6 Å². The SMILES string of the molecule is Cc1cc(C)cc(CC(=O)N(Cc2ccc(Cl)c(Cl)c2)[C@@H](C)C(=O)NC(C)C)c1. The molecule has 29 heavy (non-hydrogen) atoms. The van der Waals surface area contributed by atoms with Crippen molar-refractivity contribution in [1.29, 1.82) is 0 Å². The van der Waals surface area contributed by atoms with Crippen molar-refractivity contribution in [3.63, 3.8) is 0 Å². The zero-order valence-electron chi connectivity index (χ0n) is 17.6. The van der Waals surface area contributed by atoms with E-state index in [0.717, 1.165) is 22.3 Å². The van der Waals surface area contributed by atoms with Crippen molar-refractivity contribution in [2.24, 2.45) is 0 Å². The lowest BCUT2D eigenvalue weighted by molar-refractivity contribution is -0.140. The maximum atomic E-state index is 13.2. The molecule has 0 unspecified atom stereocenters. The molecule has 1 N–H and O–H groups in total. The van der Waals surface area contributed by atoms with Gasteiger partial charge in [0, 0.05) is 12.6 Å². The van der Waals surface area contributed by atoms with Gasteiger partial charge in [-0.2, -0.15) is 0 Å². The number of hydrogen-bond donors (Lipinski definition) is 1. The molecule has 6 heteroatoms. The van der Waals surface area contributed by atoms with Gasteiger partial charge >= 0.3 is 0 Å². The molecule has 2 amide bonds. The standard InChI is InChI=1S/C23H28Cl2N2O2/c1-14(2)26-23(29)17(5)27(13-18-6-7-20(24)21(25)11-18)22(28)12-19-9-15(3)8-16(4)10-19/h6-11,14,17H,12-13H2,1-5H3,(H,26,29)/t17-/m0/s1. The van der Waals surface area contributed by atoms with Crippen molar-refractivity contribution in [3.8, 4) is 0 Å². The van der Waals surface area contributed by atoms with E-state index in [-0.39, 0.29) is 30.8 Å². The quantitative estimate of drug-likeness (QED) is 0.658. The van der Waals surface area contributed by atoms with Crippen LogP contribution >= 0.6 is 23.2 Å². The van der Waals surface area contributed by atoms with Crippen LogP contribution in [0.3, 0.4) is 0 Å². The highest BCUT2D eigenvalue weighted by atomic mass is 35.5. The minimum absolute atomic E-state index is 0.00805. The summed E-state index contributed by atoms with van der Waals surface area (Å²) in [4.78, 5) is 27.4. The molecule has 0 heterocycles. The molecular formula is C23H28Cl2N2O2. The fourth-order valence-electron chi connectivity index (χ4n) is 3.27. The largest absolute Gasteiger partial charge is 0.352 e. The van der Waals surface area contributed by atoms with Gasteiger partial charge in [0.2, 0.25) is 11.8 Å². The Kier molecular flexibility index (Phi) is 8.12. The lowest BCUT2D eigenvalue weighted by atomic mass is 10.0. The van der Waals surface area contributed by atoms with E-state index < -0.39 is 6.04 Å². The lowest BCUT2D eigenvalue weighted by Crippen LogP contribution is -2.49. The minimum Gasteiger partial charge on any atom is -0.352 e. The Bertz CT molecular complexity index is 876. The molecule has 156 valence electrons. The van der Waals surface area contributed by atoms with Crippen LogP contribution in [0.25, 0.3) is 0 Å². The highest BCUT2D eigenvalue weighted by Crippen LogP contribution is 2.24. The fraction of sp³-hybridized carbons (Fsp3) is 0.391. The second kappa shape index (κ2) is 10.1. The first-order valence-corrected chi connectivity index (χ1v) is 10.4. The van der Waals surface area contributed by atoms with Crippen LogP contribution in [0.4, 0.5) is 0 Å². The fourth-order valence-corrected chi connectivity index (χ4v) is 3.59. The summed E-state index contributed by atoms with van der Waals surface area (Å²) < 4.78 is 0. The molecule has 2 rings (SSSR count). The summed E-state index contributed by atoms with van der Waals surface area (Å²) in [5.41, 5.74) is 3.96. The molecule has 0 spiro atoms. The van der Waals surface area contributed by atoms with Crippen LogP contribution in [0.15, 0.2) is 36.4 Å². The van der Waals surface area contributed by atoms with Crippen LogP contribution in [-0.4, -0.2) is 28.8 Å². The van der Waals surface area contributed by atoms with Crippen LogP contribution in [0.5, 0.6) is 0 Å². The zero-order chi connectivity index (χ0) is 21.7. The second-order valence-electron chi connectivity index (χ2n) is 7.78. The summed E-state index contributed by atoms with van der Waals surface area (Å²) in [6.45, 7) is 9.82. The van der Waals surface area contributed by atoms with Crippen LogP contribution in [0.1, 0.15) is 43.0 Å². The normalized spacial score (nSPS) is 12.0. The van der Waals surface area contributed by atoms with Crippen molar-refractivity contribution < 1.29 is 9.59 Å². The molecule has 1 atom stereocenters. The molecule has 0 aliphatic heterocycles. The molecule has 2 aromatic carbocycles. The van der Waals surface area contributed by atoms with Gasteiger partial charge in [0.05, 0.1) is 16.5 Å². The molecule has 0 aliphatic rings. The van der Waals surface area contributed by atoms with Gasteiger partial charge in [0.25, 0.3) is 0 Å². The van der Waals surface area contributed by atoms with Crippen molar-refractivity contribution in [3.05, 3.63) is 68.7 Å². The Hall–Kier alpha value is -2.04. The summed E-state index contributed by atoms with van der Waals surface area (Å²) in [7, 11) is 0. The van der Waals surface area contributed by atoms with E-state index in [4.69, 9.17) is 23.2 Å². The molecular weight excluding hydrogens is 407 g/mol. The number of nitrogens with zero attached hydrogens (tertiary/aromatic N) is 1. The van der Waals surface area contributed by atoms with Crippen molar-refractivity contribution in [2.45, 2.75) is 59.7 Å². The van der Waals surface area contributed by atoms with Gasteiger partial charge in [-0.3, -0.25) is 9.59 Å². The van der Waals surface area contributed by atoms with Crippen molar-refractivity contribution in [1.82, 2.24) is 10.2 Å². The molecule has 0 bridgehead atoms. The Morgan fingerprint density at radius 1 is 0.931 bits per heavy atom. The van der Waals surface area contributed by atoms with Crippen LogP contribution in [0.2, 0.25) is 10.0 Å². The number of amides is 2. The molecule has 0 saturated heterocycles. The van der Waals surface area contributed by atoms with Gasteiger partial charge in [0.1, 0.15) is 6.04 Å². The monoisotopic (exact) mass is 434 g/mol. The molecule has 0 fully saturated rings. The first-order chi connectivity index (χ1) is 13.6. The predicted octanol–water partition coefficient (Wildman–Crippen LogP) is 5.09. The maximum absolute atomic E-state index is 13.2. The summed E-state index contributed by atoms with van der Waals surface area (Å²) in [6, 6.07) is 10.7. The first kappa shape index (κ1) is 23.2. The van der Waals surface area contributed by atoms with Crippen LogP contribution < -0.4 is 5.32 Å². The Labute approximate surface area is 183 Å². The number of halogens is 2. The maximum Gasteiger partial charge on any atom is 0.242 e. The van der Waals surface area contributed by atoms with E-state index in [1.807, 2.05) is 45.9 Å². The van der Waals surface area contributed by atoms with E-state index in [1.165, 1.54) is 0 Å². The smallest absolute Gasteiger partial charge is 0.242 e. The molecule has 0 saturated carbocycles. The van der Waals surface area contributed by atoms with Crippen molar-refractivity contribution in [2.75, 3.05) is 0 Å². The third kappa shape index (κ3) is 6.76. The summed E-state index contributed by atoms with van der Waals surface area (Å²) in [5.74, 6) is -0.304. The minimum atomic E-state index is -0.620. The molecule has 4 nitrogen and oxygen atoms in total. The summed E-state index contributed by atoms with van der Waals surface area (Å²) in [5, 5.41) is 3.76. The first-order valence-electron chi connectivity index (χ1n) is 9.67. The highest BCUT2D eigenvalue weighted by molar-refractivity contribution is 6.42. The number of nitrogens with one attached hydrogen (secondary N) is 1. The number of carbonyl (C=O) groups excluding carboxylic acids is 2.